The molecule has 0 saturated heterocycles. The minimum Gasteiger partial charge on any atom is -0.309 e. The van der Waals surface area contributed by atoms with Gasteiger partial charge in [-0.25, -0.2) is 9.37 Å². The van der Waals surface area contributed by atoms with Crippen LogP contribution < -0.4 is 5.32 Å². The number of nitrogens with one attached hydrogen (secondary N) is 1. The van der Waals surface area contributed by atoms with Crippen LogP contribution in [0.25, 0.3) is 10.6 Å². The van der Waals surface area contributed by atoms with Crippen LogP contribution in [-0.4, -0.2) is 11.0 Å². The van der Waals surface area contributed by atoms with Gasteiger partial charge < -0.3 is 5.32 Å². The fraction of sp³-hybridized carbons (Fsp3) is 0.471. The van der Waals surface area contributed by atoms with Gasteiger partial charge in [0.25, 0.3) is 0 Å². The smallest absolute Gasteiger partial charge is 0.124 e. The van der Waals surface area contributed by atoms with E-state index < -0.39 is 0 Å². The van der Waals surface area contributed by atoms with Crippen LogP contribution in [0.5, 0.6) is 0 Å². The van der Waals surface area contributed by atoms with E-state index >= 15 is 0 Å². The topological polar surface area (TPSA) is 24.9 Å². The van der Waals surface area contributed by atoms with Crippen LogP contribution in [0.4, 0.5) is 4.39 Å². The van der Waals surface area contributed by atoms with Crippen LogP contribution in [0, 0.1) is 12.7 Å². The summed E-state index contributed by atoms with van der Waals surface area (Å²) in [5.74, 6) is 0.189. The highest BCUT2D eigenvalue weighted by molar-refractivity contribution is 7.15. The molecule has 1 aromatic heterocycles. The highest BCUT2D eigenvalue weighted by Gasteiger charge is 2.22. The molecule has 0 aliphatic heterocycles. The van der Waals surface area contributed by atoms with Gasteiger partial charge in [-0.05, 0) is 43.4 Å². The first kappa shape index (κ1) is 14.7. The van der Waals surface area contributed by atoms with Crippen molar-refractivity contribution in [2.75, 3.05) is 0 Å². The molecule has 0 atom stereocenters. The fourth-order valence-electron chi connectivity index (χ4n) is 2.41. The van der Waals surface area contributed by atoms with E-state index in [2.05, 4.69) is 19.2 Å². The predicted molar refractivity (Wildman–Crippen MR) is 86.2 cm³/mol. The second-order valence-electron chi connectivity index (χ2n) is 6.10. The van der Waals surface area contributed by atoms with Gasteiger partial charge in [0.05, 0.1) is 5.69 Å². The number of hydrogen-bond donors (Lipinski definition) is 1. The van der Waals surface area contributed by atoms with Crippen molar-refractivity contribution >= 4 is 11.3 Å². The average Bonchev–Trinajstić information content (AvgIpc) is 3.17. The van der Waals surface area contributed by atoms with Gasteiger partial charge in [0.15, 0.2) is 0 Å². The van der Waals surface area contributed by atoms with Crippen molar-refractivity contribution in [1.29, 1.82) is 0 Å². The van der Waals surface area contributed by atoms with E-state index in [0.717, 1.165) is 28.4 Å². The summed E-state index contributed by atoms with van der Waals surface area (Å²) in [5, 5.41) is 4.49. The van der Waals surface area contributed by atoms with Crippen LogP contribution in [0.1, 0.15) is 48.7 Å². The third-order valence-electron chi connectivity index (χ3n) is 3.83. The molecular formula is C17H21FN2S. The van der Waals surface area contributed by atoms with Gasteiger partial charge in [0.1, 0.15) is 10.8 Å². The summed E-state index contributed by atoms with van der Waals surface area (Å²) < 4.78 is 13.5. The van der Waals surface area contributed by atoms with Crippen LogP contribution in [0.3, 0.4) is 0 Å². The average molecular weight is 304 g/mol. The summed E-state index contributed by atoms with van der Waals surface area (Å²) in [6, 6.07) is 5.61. The number of nitrogens with zero attached hydrogens (tertiary/aromatic N) is 1. The Morgan fingerprint density at radius 1 is 1.38 bits per heavy atom. The predicted octanol–water partition coefficient (Wildman–Crippen LogP) is 4.63. The lowest BCUT2D eigenvalue weighted by atomic mass is 10.1. The lowest BCUT2D eigenvalue weighted by Crippen LogP contribution is -2.15. The number of rotatable bonds is 5. The standard InChI is InChI=1S/C17H21FN2S/c1-10(2)16-15(9-19-13-6-7-13)21-17(20-16)14-8-12(18)5-4-11(14)3/h4-5,8,10,13,19H,6-7,9H2,1-3H3. The Kier molecular flexibility index (Phi) is 4.09. The molecule has 0 bridgehead atoms. The third-order valence-corrected chi connectivity index (χ3v) is 4.94. The van der Waals surface area contributed by atoms with Crippen molar-refractivity contribution < 1.29 is 4.39 Å². The van der Waals surface area contributed by atoms with E-state index in [1.807, 2.05) is 13.0 Å². The monoisotopic (exact) mass is 304 g/mol. The maximum Gasteiger partial charge on any atom is 0.124 e. The van der Waals surface area contributed by atoms with Gasteiger partial charge >= 0.3 is 0 Å². The van der Waals surface area contributed by atoms with E-state index in [-0.39, 0.29) is 5.82 Å². The quantitative estimate of drug-likeness (QED) is 0.871. The molecule has 0 spiro atoms. The molecule has 2 aromatic rings. The second kappa shape index (κ2) is 5.85. The maximum atomic E-state index is 13.5. The summed E-state index contributed by atoms with van der Waals surface area (Å²) >= 11 is 1.69. The molecule has 1 aliphatic rings. The van der Waals surface area contributed by atoms with Crippen LogP contribution >= 0.6 is 11.3 Å². The van der Waals surface area contributed by atoms with E-state index in [4.69, 9.17) is 4.98 Å². The Hall–Kier alpha value is -1.26. The minimum atomic E-state index is -0.199. The Bertz CT molecular complexity index is 644. The molecule has 1 saturated carbocycles. The van der Waals surface area contributed by atoms with E-state index in [1.54, 1.807) is 17.4 Å². The first-order valence-electron chi connectivity index (χ1n) is 7.54. The maximum absolute atomic E-state index is 13.5. The summed E-state index contributed by atoms with van der Waals surface area (Å²) in [7, 11) is 0. The number of hydrogen-bond acceptors (Lipinski definition) is 3. The lowest BCUT2D eigenvalue weighted by molar-refractivity contribution is 0.628. The molecule has 0 unspecified atom stereocenters. The van der Waals surface area contributed by atoms with Gasteiger partial charge in [-0.3, -0.25) is 0 Å². The zero-order valence-electron chi connectivity index (χ0n) is 12.7. The van der Waals surface area contributed by atoms with Gasteiger partial charge in [-0.1, -0.05) is 19.9 Å². The van der Waals surface area contributed by atoms with Crippen molar-refractivity contribution in [2.24, 2.45) is 0 Å². The van der Waals surface area contributed by atoms with Crippen LogP contribution in [0.2, 0.25) is 0 Å². The zero-order chi connectivity index (χ0) is 15.0. The number of thiazole rings is 1. The molecule has 1 fully saturated rings. The Balaban J connectivity index is 1.94. The molecule has 0 radical (unpaired) electrons. The second-order valence-corrected chi connectivity index (χ2v) is 7.18. The van der Waals surface area contributed by atoms with E-state index in [1.165, 1.54) is 23.8 Å². The molecule has 1 heterocycles. The van der Waals surface area contributed by atoms with Gasteiger partial charge in [-0.15, -0.1) is 11.3 Å². The zero-order valence-corrected chi connectivity index (χ0v) is 13.6. The number of aryl methyl sites for hydroxylation is 1. The van der Waals surface area contributed by atoms with Gasteiger partial charge in [0.2, 0.25) is 0 Å². The molecule has 1 N–H and O–H groups in total. The number of aromatic nitrogens is 1. The largest absolute Gasteiger partial charge is 0.309 e. The summed E-state index contributed by atoms with van der Waals surface area (Å²) in [5.41, 5.74) is 3.13. The normalized spacial score (nSPS) is 14.9. The number of benzene rings is 1. The highest BCUT2D eigenvalue weighted by atomic mass is 32.1. The minimum absolute atomic E-state index is 0.199. The molecule has 21 heavy (non-hydrogen) atoms. The van der Waals surface area contributed by atoms with Gasteiger partial charge in [0, 0.05) is 23.0 Å². The van der Waals surface area contributed by atoms with E-state index in [9.17, 15) is 4.39 Å². The SMILES string of the molecule is Cc1ccc(F)cc1-c1nc(C(C)C)c(CNC2CC2)s1. The van der Waals surface area contributed by atoms with Crippen molar-refractivity contribution in [3.8, 4) is 10.6 Å². The molecule has 1 aromatic carbocycles. The molecule has 0 amide bonds. The molecule has 4 heteroatoms. The van der Waals surface area contributed by atoms with Crippen LogP contribution in [-0.2, 0) is 6.54 Å². The molecule has 3 rings (SSSR count). The van der Waals surface area contributed by atoms with Crippen molar-refractivity contribution in [3.05, 3.63) is 40.2 Å². The first-order valence-corrected chi connectivity index (χ1v) is 8.35. The fourth-order valence-corrected chi connectivity index (χ4v) is 3.65. The van der Waals surface area contributed by atoms with Crippen LogP contribution in [0.15, 0.2) is 18.2 Å². The van der Waals surface area contributed by atoms with Crippen molar-refractivity contribution in [3.63, 3.8) is 0 Å². The highest BCUT2D eigenvalue weighted by Crippen LogP contribution is 2.34. The molecule has 1 aliphatic carbocycles. The summed E-state index contributed by atoms with van der Waals surface area (Å²) in [6.45, 7) is 7.22. The Morgan fingerprint density at radius 3 is 2.81 bits per heavy atom. The summed E-state index contributed by atoms with van der Waals surface area (Å²) in [6.07, 6.45) is 2.57. The molecular weight excluding hydrogens is 283 g/mol. The first-order chi connectivity index (χ1) is 10.0. The number of halogens is 1. The Labute approximate surface area is 129 Å². The molecule has 112 valence electrons. The summed E-state index contributed by atoms with van der Waals surface area (Å²) in [4.78, 5) is 6.08. The van der Waals surface area contributed by atoms with Crippen molar-refractivity contribution in [1.82, 2.24) is 10.3 Å². The van der Waals surface area contributed by atoms with E-state index in [0.29, 0.717) is 12.0 Å². The molecule has 2 nitrogen and oxygen atoms in total. The lowest BCUT2D eigenvalue weighted by Gasteiger charge is -2.05. The Morgan fingerprint density at radius 2 is 2.14 bits per heavy atom. The third kappa shape index (κ3) is 3.33. The van der Waals surface area contributed by atoms with Gasteiger partial charge in [-0.2, -0.15) is 0 Å². The van der Waals surface area contributed by atoms with Crippen molar-refractivity contribution in [2.45, 2.75) is 52.1 Å².